The van der Waals surface area contributed by atoms with E-state index in [0.717, 1.165) is 0 Å². The second kappa shape index (κ2) is 2.82. The Labute approximate surface area is 72.3 Å². The van der Waals surface area contributed by atoms with Gasteiger partial charge in [-0.2, -0.15) is 0 Å². The molecule has 6 heteroatoms. The van der Waals surface area contributed by atoms with E-state index in [-0.39, 0.29) is 0 Å². The molecule has 2 aromatic rings. The van der Waals surface area contributed by atoms with Gasteiger partial charge in [0, 0.05) is 12.4 Å². The van der Waals surface area contributed by atoms with Gasteiger partial charge in [0.05, 0.1) is 0 Å². The molecular weight excluding hydrogens is 174 g/mol. The normalized spacial score (nSPS) is 10.0. The molecular formula is C6H5N5S. The Morgan fingerprint density at radius 2 is 1.92 bits per heavy atom. The maximum atomic E-state index is 5.41. The Morgan fingerprint density at radius 3 is 2.50 bits per heavy atom. The maximum Gasteiger partial charge on any atom is 0.203 e. The number of aromatic nitrogens is 4. The number of hydrogen-bond acceptors (Lipinski definition) is 6. The van der Waals surface area contributed by atoms with Crippen molar-refractivity contribution in [3.8, 4) is 10.8 Å². The zero-order valence-corrected chi connectivity index (χ0v) is 6.82. The highest BCUT2D eigenvalue weighted by molar-refractivity contribution is 7.18. The predicted octanol–water partition coefficient (Wildman–Crippen LogP) is 0.577. The Morgan fingerprint density at radius 1 is 1.17 bits per heavy atom. The van der Waals surface area contributed by atoms with E-state index >= 15 is 0 Å². The van der Waals surface area contributed by atoms with Crippen LogP contribution in [0.4, 0.5) is 5.13 Å². The van der Waals surface area contributed by atoms with Crippen LogP contribution in [0.5, 0.6) is 0 Å². The van der Waals surface area contributed by atoms with Gasteiger partial charge in [-0.15, -0.1) is 10.2 Å². The van der Waals surface area contributed by atoms with Crippen LogP contribution in [-0.2, 0) is 0 Å². The minimum absolute atomic E-state index is 0.428. The molecule has 0 aliphatic carbocycles. The van der Waals surface area contributed by atoms with Crippen molar-refractivity contribution in [1.29, 1.82) is 0 Å². The summed E-state index contributed by atoms with van der Waals surface area (Å²) in [4.78, 5) is 8.01. The van der Waals surface area contributed by atoms with Gasteiger partial charge in [0.2, 0.25) is 5.13 Å². The Balaban J connectivity index is 2.45. The molecule has 0 aromatic carbocycles. The van der Waals surface area contributed by atoms with Gasteiger partial charge in [-0.05, 0) is 6.07 Å². The highest BCUT2D eigenvalue weighted by Crippen LogP contribution is 2.19. The molecule has 0 fully saturated rings. The van der Waals surface area contributed by atoms with Crippen LogP contribution in [0.15, 0.2) is 18.5 Å². The van der Waals surface area contributed by atoms with Gasteiger partial charge in [0.25, 0.3) is 0 Å². The standard InChI is InChI=1S/C6H5N5S/c7-6-11-10-5(12-6)4-8-2-1-3-9-4/h1-3H,(H2,7,11). The van der Waals surface area contributed by atoms with Crippen LogP contribution in [0.2, 0.25) is 0 Å². The summed E-state index contributed by atoms with van der Waals surface area (Å²) in [5.41, 5.74) is 5.41. The molecule has 0 radical (unpaired) electrons. The summed E-state index contributed by atoms with van der Waals surface area (Å²) in [6.07, 6.45) is 3.31. The van der Waals surface area contributed by atoms with Crippen LogP contribution < -0.4 is 5.73 Å². The minimum atomic E-state index is 0.428. The number of nitrogens with two attached hydrogens (primary N) is 1. The smallest absolute Gasteiger partial charge is 0.203 e. The Bertz CT molecular complexity index is 370. The van der Waals surface area contributed by atoms with Crippen molar-refractivity contribution in [3.63, 3.8) is 0 Å². The van der Waals surface area contributed by atoms with Crippen LogP contribution in [-0.4, -0.2) is 20.2 Å². The van der Waals surface area contributed by atoms with Gasteiger partial charge in [0.1, 0.15) is 0 Å². The molecule has 12 heavy (non-hydrogen) atoms. The van der Waals surface area contributed by atoms with Crippen molar-refractivity contribution in [1.82, 2.24) is 20.2 Å². The van der Waals surface area contributed by atoms with E-state index in [9.17, 15) is 0 Å². The molecule has 0 amide bonds. The predicted molar refractivity (Wildman–Crippen MR) is 45.3 cm³/mol. The molecule has 2 heterocycles. The molecule has 0 saturated carbocycles. The number of anilines is 1. The Hall–Kier alpha value is -1.56. The molecule has 0 aliphatic rings. The van der Waals surface area contributed by atoms with Crippen molar-refractivity contribution >= 4 is 16.5 Å². The Kier molecular flexibility index (Phi) is 1.67. The molecule has 0 unspecified atom stereocenters. The fourth-order valence-corrected chi connectivity index (χ4v) is 1.29. The highest BCUT2D eigenvalue weighted by Gasteiger charge is 2.05. The van der Waals surface area contributed by atoms with E-state index in [4.69, 9.17) is 5.73 Å². The van der Waals surface area contributed by atoms with Gasteiger partial charge in [0.15, 0.2) is 10.8 Å². The summed E-state index contributed by atoms with van der Waals surface area (Å²) in [5, 5.41) is 8.54. The monoisotopic (exact) mass is 179 g/mol. The van der Waals surface area contributed by atoms with Gasteiger partial charge in [-0.3, -0.25) is 0 Å². The lowest BCUT2D eigenvalue weighted by Gasteiger charge is -1.88. The molecule has 60 valence electrons. The van der Waals surface area contributed by atoms with E-state index < -0.39 is 0 Å². The highest BCUT2D eigenvalue weighted by atomic mass is 32.1. The molecule has 0 atom stereocenters. The number of hydrogen-bond donors (Lipinski definition) is 1. The fourth-order valence-electron chi connectivity index (χ4n) is 0.734. The lowest BCUT2D eigenvalue weighted by atomic mass is 10.6. The quantitative estimate of drug-likeness (QED) is 0.692. The van der Waals surface area contributed by atoms with E-state index in [1.54, 1.807) is 18.5 Å². The number of nitrogen functional groups attached to an aromatic ring is 1. The van der Waals surface area contributed by atoms with Crippen LogP contribution in [0, 0.1) is 0 Å². The summed E-state index contributed by atoms with van der Waals surface area (Å²) >= 11 is 1.27. The van der Waals surface area contributed by atoms with Crippen molar-refractivity contribution in [3.05, 3.63) is 18.5 Å². The zero-order chi connectivity index (χ0) is 8.39. The first-order valence-corrected chi connectivity index (χ1v) is 4.04. The average molecular weight is 179 g/mol. The topological polar surface area (TPSA) is 77.6 Å². The summed E-state index contributed by atoms with van der Waals surface area (Å²) in [6, 6.07) is 1.74. The lowest BCUT2D eigenvalue weighted by molar-refractivity contribution is 1.07. The third-order valence-electron chi connectivity index (χ3n) is 1.20. The molecule has 2 rings (SSSR count). The van der Waals surface area contributed by atoms with Crippen molar-refractivity contribution in [2.45, 2.75) is 0 Å². The first kappa shape index (κ1) is 7.11. The number of rotatable bonds is 1. The van der Waals surface area contributed by atoms with E-state index in [1.165, 1.54) is 11.3 Å². The van der Waals surface area contributed by atoms with Crippen LogP contribution >= 0.6 is 11.3 Å². The van der Waals surface area contributed by atoms with Gasteiger partial charge in [-0.25, -0.2) is 9.97 Å². The summed E-state index contributed by atoms with van der Waals surface area (Å²) in [7, 11) is 0. The molecule has 0 spiro atoms. The molecule has 0 saturated heterocycles. The largest absolute Gasteiger partial charge is 0.374 e. The number of nitrogens with zero attached hydrogens (tertiary/aromatic N) is 4. The van der Waals surface area contributed by atoms with Crippen LogP contribution in [0.1, 0.15) is 0 Å². The van der Waals surface area contributed by atoms with E-state index in [2.05, 4.69) is 20.2 Å². The third kappa shape index (κ3) is 1.24. The SMILES string of the molecule is Nc1nnc(-c2ncccn2)s1. The minimum Gasteiger partial charge on any atom is -0.374 e. The molecule has 0 aliphatic heterocycles. The molecule has 2 aromatic heterocycles. The maximum absolute atomic E-state index is 5.41. The zero-order valence-electron chi connectivity index (χ0n) is 6.01. The second-order valence-electron chi connectivity index (χ2n) is 2.02. The van der Waals surface area contributed by atoms with E-state index in [1.807, 2.05) is 0 Å². The fraction of sp³-hybridized carbons (Fsp3) is 0. The lowest BCUT2D eigenvalue weighted by Crippen LogP contribution is -1.85. The molecule has 2 N–H and O–H groups in total. The van der Waals surface area contributed by atoms with Crippen LogP contribution in [0.25, 0.3) is 10.8 Å². The summed E-state index contributed by atoms with van der Waals surface area (Å²) < 4.78 is 0. The third-order valence-corrected chi connectivity index (χ3v) is 1.95. The average Bonchev–Trinajstić information content (AvgIpc) is 2.54. The van der Waals surface area contributed by atoms with Gasteiger partial charge < -0.3 is 5.73 Å². The van der Waals surface area contributed by atoms with Gasteiger partial charge >= 0.3 is 0 Å². The summed E-state index contributed by atoms with van der Waals surface area (Å²) in [5.74, 6) is 0.562. The van der Waals surface area contributed by atoms with Crippen molar-refractivity contribution < 1.29 is 0 Å². The van der Waals surface area contributed by atoms with Crippen LogP contribution in [0.3, 0.4) is 0 Å². The van der Waals surface area contributed by atoms with Crippen molar-refractivity contribution in [2.24, 2.45) is 0 Å². The molecule has 0 bridgehead atoms. The first-order chi connectivity index (χ1) is 5.86. The molecule has 5 nitrogen and oxygen atoms in total. The summed E-state index contributed by atoms with van der Waals surface area (Å²) in [6.45, 7) is 0. The second-order valence-corrected chi connectivity index (χ2v) is 3.03. The first-order valence-electron chi connectivity index (χ1n) is 3.22. The van der Waals surface area contributed by atoms with E-state index in [0.29, 0.717) is 16.0 Å². The van der Waals surface area contributed by atoms with Crippen molar-refractivity contribution in [2.75, 3.05) is 5.73 Å². The van der Waals surface area contributed by atoms with Gasteiger partial charge in [-0.1, -0.05) is 11.3 Å².